The van der Waals surface area contributed by atoms with Gasteiger partial charge in [0.25, 0.3) is 5.91 Å². The van der Waals surface area contributed by atoms with Crippen LogP contribution < -0.4 is 11.1 Å². The number of nitrogens with one attached hydrogen (secondary N) is 1. The van der Waals surface area contributed by atoms with Crippen LogP contribution in [0.5, 0.6) is 0 Å². The molecule has 5 rings (SSSR count). The number of amides is 2. The minimum Gasteiger partial charge on any atom is -0.382 e. The number of imidazole rings is 1. The molecule has 37 heavy (non-hydrogen) atoms. The van der Waals surface area contributed by atoms with E-state index in [0.29, 0.717) is 29.1 Å². The molecule has 0 saturated carbocycles. The Kier molecular flexibility index (Phi) is 6.02. The summed E-state index contributed by atoms with van der Waals surface area (Å²) >= 11 is 0. The zero-order valence-electron chi connectivity index (χ0n) is 19.7. The maximum absolute atomic E-state index is 13.0. The highest BCUT2D eigenvalue weighted by atomic mass is 19.4. The molecule has 4 heterocycles. The lowest BCUT2D eigenvalue weighted by molar-refractivity contribution is -0.137. The fourth-order valence-electron chi connectivity index (χ4n) is 4.58. The van der Waals surface area contributed by atoms with Crippen molar-refractivity contribution in [2.75, 3.05) is 17.6 Å². The number of hydrogen-bond donors (Lipinski definition) is 2. The van der Waals surface area contributed by atoms with Crippen molar-refractivity contribution in [3.63, 3.8) is 0 Å². The quantitative estimate of drug-likeness (QED) is 0.423. The number of carbonyl (C=O) groups is 2. The number of likely N-dealkylation sites (tertiary alicyclic amines) is 1. The van der Waals surface area contributed by atoms with Crippen molar-refractivity contribution in [2.24, 2.45) is 0 Å². The first-order chi connectivity index (χ1) is 17.6. The second-order valence-electron chi connectivity index (χ2n) is 8.68. The molecule has 0 bridgehead atoms. The number of nitrogens with zero attached hydrogens (tertiary/aromatic N) is 5. The molecule has 3 N–H and O–H groups in total. The summed E-state index contributed by atoms with van der Waals surface area (Å²) in [7, 11) is 0. The van der Waals surface area contributed by atoms with Crippen molar-refractivity contribution in [1.82, 2.24) is 24.3 Å². The summed E-state index contributed by atoms with van der Waals surface area (Å²) < 4.78 is 40.7. The van der Waals surface area contributed by atoms with Gasteiger partial charge in [0.1, 0.15) is 28.7 Å². The highest BCUT2D eigenvalue weighted by molar-refractivity contribution is 6.04. The van der Waals surface area contributed by atoms with Crippen LogP contribution in [-0.4, -0.2) is 42.6 Å². The molecule has 0 radical (unpaired) electrons. The molecule has 1 atom stereocenters. The van der Waals surface area contributed by atoms with Crippen LogP contribution in [0.2, 0.25) is 0 Å². The Morgan fingerprint density at radius 1 is 1.11 bits per heavy atom. The number of hydrogen-bond acceptors (Lipinski definition) is 6. The topological polar surface area (TPSA) is 119 Å². The molecule has 1 aliphatic rings. The van der Waals surface area contributed by atoms with Gasteiger partial charge in [-0.1, -0.05) is 12.1 Å². The highest BCUT2D eigenvalue weighted by Gasteiger charge is 2.33. The summed E-state index contributed by atoms with van der Waals surface area (Å²) in [4.78, 5) is 39.4. The Morgan fingerprint density at radius 2 is 1.86 bits per heavy atom. The largest absolute Gasteiger partial charge is 0.416 e. The number of fused-ring (bicyclic) bond motifs is 1. The molecule has 9 nitrogen and oxygen atoms in total. The Balaban J connectivity index is 1.45. The summed E-state index contributed by atoms with van der Waals surface area (Å²) in [5.41, 5.74) is 7.30. The zero-order valence-corrected chi connectivity index (χ0v) is 19.7. The van der Waals surface area contributed by atoms with Gasteiger partial charge in [0, 0.05) is 43.2 Å². The summed E-state index contributed by atoms with van der Waals surface area (Å²) in [5, 5.41) is 2.39. The van der Waals surface area contributed by atoms with Crippen molar-refractivity contribution in [2.45, 2.75) is 32.0 Å². The molecular formula is C25H22F3N7O2. The third kappa shape index (κ3) is 4.57. The number of pyridine rings is 1. The van der Waals surface area contributed by atoms with E-state index in [-0.39, 0.29) is 29.1 Å². The van der Waals surface area contributed by atoms with E-state index in [1.54, 1.807) is 29.4 Å². The number of nitrogens with two attached hydrogens (primary N) is 1. The molecule has 0 aliphatic carbocycles. The number of nitrogen functional groups attached to an aromatic ring is 1. The van der Waals surface area contributed by atoms with Crippen molar-refractivity contribution in [3.05, 3.63) is 71.9 Å². The molecule has 190 valence electrons. The van der Waals surface area contributed by atoms with Crippen molar-refractivity contribution < 1.29 is 22.8 Å². The van der Waals surface area contributed by atoms with Crippen LogP contribution >= 0.6 is 0 Å². The molecular weight excluding hydrogens is 487 g/mol. The van der Waals surface area contributed by atoms with Gasteiger partial charge in [0.05, 0.1) is 11.6 Å². The van der Waals surface area contributed by atoms with Crippen molar-refractivity contribution >= 4 is 29.0 Å². The van der Waals surface area contributed by atoms with Gasteiger partial charge in [0.15, 0.2) is 0 Å². The molecule has 3 aromatic heterocycles. The fraction of sp³-hybridized carbons (Fsp3) is 0.240. The van der Waals surface area contributed by atoms with Crippen LogP contribution in [0.25, 0.3) is 16.8 Å². The highest BCUT2D eigenvalue weighted by Crippen LogP contribution is 2.36. The van der Waals surface area contributed by atoms with Crippen LogP contribution in [-0.2, 0) is 11.0 Å². The predicted octanol–water partition coefficient (Wildman–Crippen LogP) is 4.33. The number of anilines is 2. The molecule has 4 aromatic rings. The van der Waals surface area contributed by atoms with Gasteiger partial charge in [0.2, 0.25) is 5.91 Å². The monoisotopic (exact) mass is 509 g/mol. The maximum atomic E-state index is 13.0. The summed E-state index contributed by atoms with van der Waals surface area (Å²) in [6.45, 7) is 2.18. The molecule has 2 amide bonds. The average molecular weight is 509 g/mol. The van der Waals surface area contributed by atoms with Crippen molar-refractivity contribution in [3.8, 4) is 11.3 Å². The summed E-state index contributed by atoms with van der Waals surface area (Å²) in [6.07, 6.45) is 1.38. The Labute approximate surface area is 209 Å². The van der Waals surface area contributed by atoms with E-state index < -0.39 is 17.6 Å². The SMILES string of the molecule is CC(=O)N1CCC[C@H]1c1nc(-c2ccc(C(=O)Nc3cc(C(F)(F)F)ccn3)cc2)c2c(N)nccn12. The van der Waals surface area contributed by atoms with E-state index in [0.717, 1.165) is 31.2 Å². The van der Waals surface area contributed by atoms with Gasteiger partial charge in [-0.05, 0) is 37.1 Å². The number of alkyl halides is 3. The third-order valence-corrected chi connectivity index (χ3v) is 6.32. The molecule has 1 saturated heterocycles. The van der Waals surface area contributed by atoms with Crippen LogP contribution in [0.15, 0.2) is 55.0 Å². The zero-order chi connectivity index (χ0) is 26.3. The second-order valence-corrected chi connectivity index (χ2v) is 8.68. The number of aromatic nitrogens is 4. The van der Waals surface area contributed by atoms with Gasteiger partial charge < -0.3 is 16.0 Å². The Morgan fingerprint density at radius 3 is 2.57 bits per heavy atom. The van der Waals surface area contributed by atoms with Gasteiger partial charge in [-0.15, -0.1) is 0 Å². The predicted molar refractivity (Wildman–Crippen MR) is 129 cm³/mol. The van der Waals surface area contributed by atoms with Crippen LogP contribution in [0.1, 0.15) is 47.6 Å². The lowest BCUT2D eigenvalue weighted by atomic mass is 10.1. The van der Waals surface area contributed by atoms with Crippen LogP contribution in [0.3, 0.4) is 0 Å². The van der Waals surface area contributed by atoms with Gasteiger partial charge in [-0.2, -0.15) is 13.2 Å². The smallest absolute Gasteiger partial charge is 0.382 e. The number of benzene rings is 1. The van der Waals surface area contributed by atoms with Gasteiger partial charge >= 0.3 is 6.18 Å². The van der Waals surface area contributed by atoms with E-state index in [1.807, 2.05) is 4.40 Å². The van der Waals surface area contributed by atoms with Crippen molar-refractivity contribution in [1.29, 1.82) is 0 Å². The van der Waals surface area contributed by atoms with Crippen LogP contribution in [0, 0.1) is 0 Å². The Bertz CT molecular complexity index is 1500. The first-order valence-electron chi connectivity index (χ1n) is 11.5. The molecule has 0 unspecified atom stereocenters. The average Bonchev–Trinajstić information content (AvgIpc) is 3.50. The van der Waals surface area contributed by atoms with E-state index in [9.17, 15) is 22.8 Å². The molecule has 1 aliphatic heterocycles. The lowest BCUT2D eigenvalue weighted by Gasteiger charge is -2.22. The molecule has 0 spiro atoms. The van der Waals surface area contributed by atoms with Gasteiger partial charge in [-0.3, -0.25) is 14.0 Å². The molecule has 12 heteroatoms. The number of halogens is 3. The third-order valence-electron chi connectivity index (χ3n) is 6.32. The first kappa shape index (κ1) is 24.2. The number of carbonyl (C=O) groups excluding carboxylic acids is 2. The van der Waals surface area contributed by atoms with E-state index in [2.05, 4.69) is 15.3 Å². The summed E-state index contributed by atoms with van der Waals surface area (Å²) in [5.74, 6) is 0.0795. The van der Waals surface area contributed by atoms with Crippen LogP contribution in [0.4, 0.5) is 24.8 Å². The minimum absolute atomic E-state index is 0.0338. The molecule has 1 fully saturated rings. The lowest BCUT2D eigenvalue weighted by Crippen LogP contribution is -2.29. The van der Waals surface area contributed by atoms with E-state index >= 15 is 0 Å². The molecule has 1 aromatic carbocycles. The first-order valence-corrected chi connectivity index (χ1v) is 11.5. The normalized spacial score (nSPS) is 15.8. The Hall–Kier alpha value is -4.48. The fourth-order valence-corrected chi connectivity index (χ4v) is 4.58. The summed E-state index contributed by atoms with van der Waals surface area (Å²) in [6, 6.07) is 7.81. The van der Waals surface area contributed by atoms with E-state index in [1.165, 1.54) is 19.1 Å². The van der Waals surface area contributed by atoms with Gasteiger partial charge in [-0.25, -0.2) is 15.0 Å². The second kappa shape index (κ2) is 9.19. The maximum Gasteiger partial charge on any atom is 0.416 e. The standard InChI is InChI=1S/C25H22F3N7O2/c1-14(36)34-11-2-3-18(34)23-33-20(21-22(29)31-10-12-35(21)23)15-4-6-16(7-5-15)24(37)32-19-13-17(8-9-30-19)25(26,27)28/h4-10,12-13,18H,2-3,11H2,1H3,(H2,29,31)(H,30,32,37)/t18-/m0/s1. The minimum atomic E-state index is -4.55. The van der Waals surface area contributed by atoms with E-state index in [4.69, 9.17) is 10.7 Å². The number of rotatable bonds is 4.